The molecule has 1 saturated heterocycles. The van der Waals surface area contributed by atoms with Gasteiger partial charge in [-0.3, -0.25) is 14.5 Å². The summed E-state index contributed by atoms with van der Waals surface area (Å²) in [4.78, 5) is 34.0. The monoisotopic (exact) mass is 573 g/mol. The maximum absolute atomic E-state index is 13.1. The molecule has 7 rings (SSSR count). The van der Waals surface area contributed by atoms with Gasteiger partial charge in [0, 0.05) is 67.1 Å². The molecule has 212 valence electrons. The van der Waals surface area contributed by atoms with E-state index in [1.165, 1.54) is 0 Å². The van der Waals surface area contributed by atoms with Crippen molar-refractivity contribution in [3.8, 4) is 17.2 Å². The number of carbonyl (C=O) groups excluding carboxylic acids is 2. The molecule has 4 aliphatic rings. The molecular weight excluding hydrogens is 542 g/mol. The van der Waals surface area contributed by atoms with E-state index in [-0.39, 0.29) is 29.9 Å². The lowest BCUT2D eigenvalue weighted by Gasteiger charge is -2.34. The minimum Gasteiger partial charge on any atom is -0.487 e. The fourth-order valence-electron chi connectivity index (χ4n) is 6.11. The minimum absolute atomic E-state index is 0.0380. The third-order valence-electron chi connectivity index (χ3n) is 8.58. The number of halogens is 1. The van der Waals surface area contributed by atoms with Gasteiger partial charge in [-0.25, -0.2) is 4.98 Å². The van der Waals surface area contributed by atoms with E-state index >= 15 is 0 Å². The molecular formula is C31H32ClN5O4. The van der Waals surface area contributed by atoms with Crippen LogP contribution < -0.4 is 20.1 Å². The number of amides is 2. The van der Waals surface area contributed by atoms with Gasteiger partial charge in [-0.1, -0.05) is 24.6 Å². The molecule has 0 bridgehead atoms. The summed E-state index contributed by atoms with van der Waals surface area (Å²) in [6, 6.07) is 13.1. The van der Waals surface area contributed by atoms with Gasteiger partial charge in [0.05, 0.1) is 12.0 Å². The van der Waals surface area contributed by atoms with E-state index in [9.17, 15) is 9.59 Å². The largest absolute Gasteiger partial charge is 0.487 e. The molecule has 1 aromatic heterocycles. The highest BCUT2D eigenvalue weighted by Crippen LogP contribution is 2.54. The average molecular weight is 574 g/mol. The van der Waals surface area contributed by atoms with Gasteiger partial charge in [-0.05, 0) is 54.9 Å². The molecule has 0 spiro atoms. The Morgan fingerprint density at radius 3 is 2.76 bits per heavy atom. The molecule has 2 amide bonds. The van der Waals surface area contributed by atoms with E-state index in [1.807, 2.05) is 36.4 Å². The average Bonchev–Trinajstić information content (AvgIpc) is 3.50. The maximum Gasteiger partial charge on any atom is 0.251 e. The number of benzene rings is 2. The zero-order valence-corrected chi connectivity index (χ0v) is 23.6. The van der Waals surface area contributed by atoms with Gasteiger partial charge < -0.3 is 25.0 Å². The number of rotatable bonds is 7. The summed E-state index contributed by atoms with van der Waals surface area (Å²) in [5, 5.41) is 6.56. The molecule has 0 unspecified atom stereocenters. The van der Waals surface area contributed by atoms with E-state index < -0.39 is 0 Å². The Labute approximate surface area is 243 Å². The molecule has 2 aromatic carbocycles. The quantitative estimate of drug-likeness (QED) is 0.437. The van der Waals surface area contributed by atoms with Crippen molar-refractivity contribution in [3.05, 3.63) is 75.9 Å². The van der Waals surface area contributed by atoms with E-state index in [0.29, 0.717) is 40.7 Å². The fourth-order valence-corrected chi connectivity index (χ4v) is 6.35. The predicted molar refractivity (Wildman–Crippen MR) is 155 cm³/mol. The number of aromatic nitrogens is 1. The molecule has 2 fully saturated rings. The van der Waals surface area contributed by atoms with Crippen LogP contribution in [0.15, 0.2) is 48.7 Å². The SMILES string of the molecule is CCN1CCN(Cc2ccc(C(=O)N[C@H]3[C@H]4Oc5ccc(Oc6ccnc7c6CCC(=O)N7)cc5[C@@H]34)cc2Cl)CC1. The maximum atomic E-state index is 13.1. The van der Waals surface area contributed by atoms with Crippen molar-refractivity contribution >= 4 is 29.2 Å². The number of fused-ring (bicyclic) bond motifs is 4. The van der Waals surface area contributed by atoms with Crippen LogP contribution in [0.3, 0.4) is 0 Å². The molecule has 0 radical (unpaired) electrons. The van der Waals surface area contributed by atoms with Crippen LogP contribution in [0.2, 0.25) is 5.02 Å². The number of nitrogens with zero attached hydrogens (tertiary/aromatic N) is 3. The van der Waals surface area contributed by atoms with Gasteiger partial charge in [0.15, 0.2) is 0 Å². The van der Waals surface area contributed by atoms with E-state index in [2.05, 4.69) is 32.3 Å². The smallest absolute Gasteiger partial charge is 0.251 e. The molecule has 3 atom stereocenters. The molecule has 4 heterocycles. The van der Waals surface area contributed by atoms with Gasteiger partial charge in [0.25, 0.3) is 5.91 Å². The van der Waals surface area contributed by atoms with E-state index in [4.69, 9.17) is 21.1 Å². The predicted octanol–water partition coefficient (Wildman–Crippen LogP) is 4.21. The number of likely N-dealkylation sites (N-methyl/N-ethyl adjacent to an activating group) is 1. The highest BCUT2D eigenvalue weighted by Gasteiger charge is 2.59. The molecule has 2 N–H and O–H groups in total. The first-order valence-electron chi connectivity index (χ1n) is 14.3. The summed E-state index contributed by atoms with van der Waals surface area (Å²) in [7, 11) is 0. The third kappa shape index (κ3) is 5.14. The molecule has 1 aliphatic carbocycles. The summed E-state index contributed by atoms with van der Waals surface area (Å²) < 4.78 is 12.3. The molecule has 41 heavy (non-hydrogen) atoms. The molecule has 9 nitrogen and oxygen atoms in total. The Balaban J connectivity index is 0.991. The molecule has 10 heteroatoms. The highest BCUT2D eigenvalue weighted by molar-refractivity contribution is 6.31. The lowest BCUT2D eigenvalue weighted by Crippen LogP contribution is -2.45. The second kappa shape index (κ2) is 10.6. The van der Waals surface area contributed by atoms with Crippen LogP contribution in [-0.2, 0) is 17.8 Å². The summed E-state index contributed by atoms with van der Waals surface area (Å²) >= 11 is 6.62. The number of nitrogens with one attached hydrogen (secondary N) is 2. The topological polar surface area (TPSA) is 96.0 Å². The lowest BCUT2D eigenvalue weighted by molar-refractivity contribution is -0.116. The van der Waals surface area contributed by atoms with E-state index in [1.54, 1.807) is 12.3 Å². The van der Waals surface area contributed by atoms with Crippen LogP contribution >= 0.6 is 11.6 Å². The Hall–Kier alpha value is -3.66. The molecule has 1 saturated carbocycles. The lowest BCUT2D eigenvalue weighted by atomic mass is 10.1. The summed E-state index contributed by atoms with van der Waals surface area (Å²) in [6.07, 6.45) is 2.52. The van der Waals surface area contributed by atoms with Crippen molar-refractivity contribution in [1.29, 1.82) is 0 Å². The number of ether oxygens (including phenoxy) is 2. The number of hydrogen-bond acceptors (Lipinski definition) is 7. The van der Waals surface area contributed by atoms with Crippen LogP contribution in [0.4, 0.5) is 5.82 Å². The summed E-state index contributed by atoms with van der Waals surface area (Å²) in [5.74, 6) is 2.59. The first kappa shape index (κ1) is 26.3. The Bertz CT molecular complexity index is 1520. The second-order valence-corrected chi connectivity index (χ2v) is 11.5. The summed E-state index contributed by atoms with van der Waals surface area (Å²) in [6.45, 7) is 8.26. The Morgan fingerprint density at radius 1 is 1.12 bits per heavy atom. The van der Waals surface area contributed by atoms with Crippen LogP contribution in [0, 0.1) is 0 Å². The van der Waals surface area contributed by atoms with Crippen molar-refractivity contribution in [2.45, 2.75) is 44.4 Å². The fraction of sp³-hybridized carbons (Fsp3) is 0.387. The number of carbonyl (C=O) groups is 2. The third-order valence-corrected chi connectivity index (χ3v) is 8.93. The van der Waals surface area contributed by atoms with Crippen molar-refractivity contribution in [2.24, 2.45) is 0 Å². The standard InChI is InChI=1S/C31H32ClN5O4/c1-2-36-11-13-37(14-12-36)17-19-4-3-18(15-23(19)32)31(39)35-28-27-22-16-20(5-7-24(22)41-29(27)28)40-25-9-10-33-30-21(25)6-8-26(38)34-30/h3-5,7,9-10,15-16,27-29H,2,6,8,11-14,17H2,1H3,(H,35,39)(H,33,34,38)/t27-,28+,29-/m0/s1. The van der Waals surface area contributed by atoms with Crippen molar-refractivity contribution in [3.63, 3.8) is 0 Å². The van der Waals surface area contributed by atoms with Gasteiger partial charge in [0.1, 0.15) is 29.2 Å². The first-order valence-corrected chi connectivity index (χ1v) is 14.6. The molecule has 3 aliphatic heterocycles. The van der Waals surface area contributed by atoms with Crippen LogP contribution in [-0.4, -0.2) is 71.5 Å². The number of piperazine rings is 1. The van der Waals surface area contributed by atoms with Gasteiger partial charge in [-0.2, -0.15) is 0 Å². The Kier molecular flexibility index (Phi) is 6.81. The van der Waals surface area contributed by atoms with Crippen LogP contribution in [0.1, 0.15) is 46.3 Å². The van der Waals surface area contributed by atoms with Crippen LogP contribution in [0.5, 0.6) is 17.2 Å². The zero-order valence-electron chi connectivity index (χ0n) is 22.9. The van der Waals surface area contributed by atoms with Gasteiger partial charge in [0.2, 0.25) is 5.91 Å². The second-order valence-electron chi connectivity index (χ2n) is 11.1. The number of hydrogen-bond donors (Lipinski definition) is 2. The highest BCUT2D eigenvalue weighted by atomic mass is 35.5. The first-order chi connectivity index (χ1) is 20.0. The van der Waals surface area contributed by atoms with Gasteiger partial charge in [-0.15, -0.1) is 0 Å². The number of pyridine rings is 1. The Morgan fingerprint density at radius 2 is 1.95 bits per heavy atom. The van der Waals surface area contributed by atoms with E-state index in [0.717, 1.165) is 61.7 Å². The molecule has 3 aromatic rings. The summed E-state index contributed by atoms with van der Waals surface area (Å²) in [5.41, 5.74) is 3.50. The minimum atomic E-state index is -0.155. The normalized spacial score (nSPS) is 23.1. The van der Waals surface area contributed by atoms with Crippen LogP contribution in [0.25, 0.3) is 0 Å². The van der Waals surface area contributed by atoms with Crippen molar-refractivity contribution in [2.75, 3.05) is 38.0 Å². The zero-order chi connectivity index (χ0) is 28.1. The van der Waals surface area contributed by atoms with Crippen molar-refractivity contribution in [1.82, 2.24) is 20.1 Å². The van der Waals surface area contributed by atoms with Gasteiger partial charge >= 0.3 is 0 Å². The van der Waals surface area contributed by atoms with Crippen molar-refractivity contribution < 1.29 is 19.1 Å². The number of anilines is 1.